The molecule has 0 saturated heterocycles. The van der Waals surface area contributed by atoms with Gasteiger partial charge in [-0.25, -0.2) is 0 Å². The Balaban J connectivity index is 2.33. The second kappa shape index (κ2) is 10.1. The van der Waals surface area contributed by atoms with Gasteiger partial charge in [0.15, 0.2) is 0 Å². The fraction of sp³-hybridized carbons (Fsp3) is 0.619. The average Bonchev–Trinajstić information content (AvgIpc) is 2.60. The maximum atomic E-state index is 11.9. The van der Waals surface area contributed by atoms with Crippen LogP contribution in [0.5, 0.6) is 0 Å². The Labute approximate surface area is 153 Å². The molecule has 1 aromatic carbocycles. The molecule has 0 aromatic heterocycles. The predicted octanol–water partition coefficient (Wildman–Crippen LogP) is 5.43. The van der Waals surface area contributed by atoms with Crippen LogP contribution in [0.25, 0.3) is 4.85 Å². The smallest absolute Gasteiger partial charge is 0.340 e. The third-order valence-electron chi connectivity index (χ3n) is 4.70. The van der Waals surface area contributed by atoms with Crippen molar-refractivity contribution in [3.63, 3.8) is 0 Å². The SMILES string of the molecule is C#[N+]c1ccc(N(C)C)c(CCCCCCOC(=O)C(C)(C)CC)c1. The molecule has 0 aliphatic carbocycles. The van der Waals surface area contributed by atoms with Gasteiger partial charge in [-0.05, 0) is 56.0 Å². The number of anilines is 1. The number of nitrogens with zero attached hydrogens (tertiary/aromatic N) is 2. The molecule has 0 spiro atoms. The number of esters is 1. The van der Waals surface area contributed by atoms with E-state index in [9.17, 15) is 4.79 Å². The minimum absolute atomic E-state index is 0.0898. The number of aryl methyl sites for hydroxylation is 1. The molecule has 0 unspecified atom stereocenters. The first kappa shape index (κ1) is 21.0. The molecule has 4 heteroatoms. The molecule has 0 fully saturated rings. The van der Waals surface area contributed by atoms with Crippen molar-refractivity contribution in [1.29, 1.82) is 0 Å². The number of carbonyl (C=O) groups excluding carboxylic acids is 1. The fourth-order valence-electron chi connectivity index (χ4n) is 2.56. The summed E-state index contributed by atoms with van der Waals surface area (Å²) in [5, 5.41) is 0. The molecule has 25 heavy (non-hydrogen) atoms. The van der Waals surface area contributed by atoms with Crippen LogP contribution in [-0.2, 0) is 16.0 Å². The molecule has 1 rings (SSSR count). The normalized spacial score (nSPS) is 11.0. The summed E-state index contributed by atoms with van der Waals surface area (Å²) in [5.41, 5.74) is 2.92. The zero-order valence-electron chi connectivity index (χ0n) is 16.5. The Morgan fingerprint density at radius 1 is 1.20 bits per heavy atom. The lowest BCUT2D eigenvalue weighted by atomic mass is 9.91. The van der Waals surface area contributed by atoms with E-state index in [1.54, 1.807) is 0 Å². The summed E-state index contributed by atoms with van der Waals surface area (Å²) >= 11 is 0. The number of rotatable bonds is 10. The molecule has 0 N–H and O–H groups in total. The predicted molar refractivity (Wildman–Crippen MR) is 106 cm³/mol. The van der Waals surface area contributed by atoms with Gasteiger partial charge in [0.05, 0.1) is 12.0 Å². The first-order valence-electron chi connectivity index (χ1n) is 9.20. The van der Waals surface area contributed by atoms with Gasteiger partial charge >= 0.3 is 11.7 Å². The van der Waals surface area contributed by atoms with E-state index in [1.165, 1.54) is 11.3 Å². The number of hydrogen-bond donors (Lipinski definition) is 0. The summed E-state index contributed by atoms with van der Waals surface area (Å²) in [6, 6.07) is 6.06. The van der Waals surface area contributed by atoms with Crippen molar-refractivity contribution >= 4 is 17.3 Å². The van der Waals surface area contributed by atoms with Crippen molar-refractivity contribution in [3.05, 3.63) is 28.6 Å². The Morgan fingerprint density at radius 2 is 1.88 bits per heavy atom. The van der Waals surface area contributed by atoms with Crippen LogP contribution >= 0.6 is 0 Å². The number of carbonyl (C=O) groups is 1. The standard InChI is InChI=1S/C21H33N2O2/c1-7-21(2,3)20(24)25-15-11-9-8-10-12-17-16-18(22-4)13-14-19(17)23(5)6/h4,13-14,16H,7-12,15H2,1-3,5-6H3/q+1. The lowest BCUT2D eigenvalue weighted by molar-refractivity contribution is -0.154. The van der Waals surface area contributed by atoms with Gasteiger partial charge in [0.25, 0.3) is 6.57 Å². The fourth-order valence-corrected chi connectivity index (χ4v) is 2.56. The number of hydrogen-bond acceptors (Lipinski definition) is 3. The van der Waals surface area contributed by atoms with Gasteiger partial charge in [0.1, 0.15) is 0 Å². The van der Waals surface area contributed by atoms with E-state index >= 15 is 0 Å². The molecule has 1 aromatic rings. The van der Waals surface area contributed by atoms with Crippen LogP contribution in [0.4, 0.5) is 11.4 Å². The lowest BCUT2D eigenvalue weighted by Crippen LogP contribution is -2.26. The highest BCUT2D eigenvalue weighted by Crippen LogP contribution is 2.26. The van der Waals surface area contributed by atoms with Gasteiger partial charge in [-0.1, -0.05) is 19.8 Å². The first-order chi connectivity index (χ1) is 11.8. The van der Waals surface area contributed by atoms with Crippen LogP contribution in [-0.4, -0.2) is 26.7 Å². The van der Waals surface area contributed by atoms with Crippen molar-refractivity contribution in [2.45, 2.75) is 59.3 Å². The van der Waals surface area contributed by atoms with Crippen LogP contribution in [0.15, 0.2) is 18.2 Å². The molecular formula is C21H33N2O2+. The second-order valence-corrected chi connectivity index (χ2v) is 7.37. The molecule has 0 bridgehead atoms. The largest absolute Gasteiger partial charge is 0.465 e. The molecule has 0 amide bonds. The summed E-state index contributed by atoms with van der Waals surface area (Å²) in [6.07, 6.45) is 6.00. The second-order valence-electron chi connectivity index (χ2n) is 7.37. The van der Waals surface area contributed by atoms with Gasteiger partial charge < -0.3 is 9.64 Å². The van der Waals surface area contributed by atoms with Gasteiger partial charge in [-0.2, -0.15) is 0 Å². The summed E-state index contributed by atoms with van der Waals surface area (Å²) in [5.74, 6) is -0.0898. The van der Waals surface area contributed by atoms with Crippen molar-refractivity contribution in [2.24, 2.45) is 5.41 Å². The van der Waals surface area contributed by atoms with Crippen molar-refractivity contribution < 1.29 is 9.53 Å². The summed E-state index contributed by atoms with van der Waals surface area (Å²) in [4.78, 5) is 17.8. The number of benzene rings is 1. The van der Waals surface area contributed by atoms with E-state index < -0.39 is 0 Å². The highest BCUT2D eigenvalue weighted by molar-refractivity contribution is 5.75. The Morgan fingerprint density at radius 3 is 2.48 bits per heavy atom. The zero-order chi connectivity index (χ0) is 18.9. The minimum Gasteiger partial charge on any atom is -0.465 e. The Kier molecular flexibility index (Phi) is 8.48. The monoisotopic (exact) mass is 345 g/mol. The van der Waals surface area contributed by atoms with E-state index in [0.29, 0.717) is 6.61 Å². The lowest BCUT2D eigenvalue weighted by Gasteiger charge is -2.20. The summed E-state index contributed by atoms with van der Waals surface area (Å²) < 4.78 is 5.37. The van der Waals surface area contributed by atoms with E-state index in [0.717, 1.165) is 44.2 Å². The quantitative estimate of drug-likeness (QED) is 0.419. The topological polar surface area (TPSA) is 33.9 Å². The molecule has 0 aliphatic rings. The molecule has 0 heterocycles. The number of unbranched alkanes of at least 4 members (excludes halogenated alkanes) is 3. The Hall–Kier alpha value is -2.02. The molecule has 4 nitrogen and oxygen atoms in total. The highest BCUT2D eigenvalue weighted by Gasteiger charge is 2.26. The maximum Gasteiger partial charge on any atom is 0.340 e. The van der Waals surface area contributed by atoms with E-state index in [-0.39, 0.29) is 11.4 Å². The molecule has 0 radical (unpaired) electrons. The van der Waals surface area contributed by atoms with Crippen LogP contribution < -0.4 is 4.90 Å². The van der Waals surface area contributed by atoms with Crippen LogP contribution in [0.3, 0.4) is 0 Å². The van der Waals surface area contributed by atoms with Gasteiger partial charge in [-0.3, -0.25) is 4.79 Å². The average molecular weight is 346 g/mol. The molecule has 0 saturated carbocycles. The molecular weight excluding hydrogens is 312 g/mol. The molecule has 138 valence electrons. The van der Waals surface area contributed by atoms with E-state index in [4.69, 9.17) is 11.3 Å². The number of ether oxygens (including phenoxy) is 1. The van der Waals surface area contributed by atoms with Crippen molar-refractivity contribution in [1.82, 2.24) is 0 Å². The van der Waals surface area contributed by atoms with Gasteiger partial charge in [0, 0.05) is 31.9 Å². The third-order valence-corrected chi connectivity index (χ3v) is 4.70. The van der Waals surface area contributed by atoms with E-state index in [1.807, 2.05) is 40.9 Å². The molecule has 0 atom stereocenters. The van der Waals surface area contributed by atoms with E-state index in [2.05, 4.69) is 21.9 Å². The maximum absolute atomic E-state index is 11.9. The minimum atomic E-state index is -0.373. The zero-order valence-corrected chi connectivity index (χ0v) is 16.5. The summed E-state index contributed by atoms with van der Waals surface area (Å²) in [6.45, 7) is 11.8. The highest BCUT2D eigenvalue weighted by atomic mass is 16.5. The van der Waals surface area contributed by atoms with Gasteiger partial charge in [0.2, 0.25) is 0 Å². The van der Waals surface area contributed by atoms with Crippen LogP contribution in [0, 0.1) is 12.0 Å². The molecule has 0 aliphatic heterocycles. The first-order valence-corrected chi connectivity index (χ1v) is 9.20. The van der Waals surface area contributed by atoms with Crippen LogP contribution in [0.1, 0.15) is 58.4 Å². The van der Waals surface area contributed by atoms with Crippen LogP contribution in [0.2, 0.25) is 0 Å². The Bertz CT molecular complexity index is 600. The van der Waals surface area contributed by atoms with Gasteiger partial charge in [-0.15, -0.1) is 0 Å². The third kappa shape index (κ3) is 6.78. The summed E-state index contributed by atoms with van der Waals surface area (Å²) in [7, 11) is 4.09. The van der Waals surface area contributed by atoms with Crippen molar-refractivity contribution in [2.75, 3.05) is 25.6 Å². The van der Waals surface area contributed by atoms with Crippen molar-refractivity contribution in [3.8, 4) is 6.57 Å².